The molecule has 1 aromatic carbocycles. The first-order valence-corrected chi connectivity index (χ1v) is 8.50. The number of halogens is 3. The van der Waals surface area contributed by atoms with E-state index in [9.17, 15) is 22.8 Å². The molecular weight excluding hydrogens is 347 g/mol. The van der Waals surface area contributed by atoms with Crippen LogP contribution in [0.4, 0.5) is 19.0 Å². The molecule has 3 rings (SSSR count). The summed E-state index contributed by atoms with van der Waals surface area (Å²) in [7, 11) is 1.36. The number of piperidine rings is 1. The number of rotatable bonds is 3. The Morgan fingerprint density at radius 1 is 1.12 bits per heavy atom. The normalized spacial score (nSPS) is 15.3. The second-order valence-corrected chi connectivity index (χ2v) is 6.54. The van der Waals surface area contributed by atoms with E-state index in [0.717, 1.165) is 36.0 Å². The summed E-state index contributed by atoms with van der Waals surface area (Å²) in [6.45, 7) is 1.41. The number of benzene rings is 1. The monoisotopic (exact) mass is 367 g/mol. The summed E-state index contributed by atoms with van der Waals surface area (Å²) in [4.78, 5) is 29.3. The van der Waals surface area contributed by atoms with Gasteiger partial charge in [-0.05, 0) is 30.9 Å². The van der Waals surface area contributed by atoms with Crippen LogP contribution in [0.2, 0.25) is 0 Å². The molecule has 0 unspecified atom stereocenters. The van der Waals surface area contributed by atoms with Crippen LogP contribution in [-0.4, -0.2) is 22.6 Å². The molecule has 1 saturated heterocycles. The highest BCUT2D eigenvalue weighted by Crippen LogP contribution is 2.30. The van der Waals surface area contributed by atoms with Gasteiger partial charge in [0.15, 0.2) is 0 Å². The maximum absolute atomic E-state index is 13.0. The molecule has 0 atom stereocenters. The molecule has 0 radical (unpaired) electrons. The van der Waals surface area contributed by atoms with E-state index in [1.165, 1.54) is 13.1 Å². The van der Waals surface area contributed by atoms with Gasteiger partial charge in [-0.1, -0.05) is 18.2 Å². The van der Waals surface area contributed by atoms with Gasteiger partial charge in [0.1, 0.15) is 5.82 Å². The fourth-order valence-electron chi connectivity index (χ4n) is 3.27. The minimum absolute atomic E-state index is 0.0270. The number of aromatic nitrogens is 2. The van der Waals surface area contributed by atoms with Crippen LogP contribution in [0.3, 0.4) is 0 Å². The number of anilines is 1. The third-order valence-corrected chi connectivity index (χ3v) is 4.69. The number of H-pyrrole nitrogens is 1. The summed E-state index contributed by atoms with van der Waals surface area (Å²) >= 11 is 0. The van der Waals surface area contributed by atoms with E-state index >= 15 is 0 Å². The molecule has 1 aliphatic rings. The Bertz CT molecular complexity index is 909. The second-order valence-electron chi connectivity index (χ2n) is 6.54. The Balaban J connectivity index is 2.05. The van der Waals surface area contributed by atoms with Crippen LogP contribution >= 0.6 is 0 Å². The Labute approximate surface area is 148 Å². The lowest BCUT2D eigenvalue weighted by atomic mass is 10.0. The molecule has 1 aliphatic heterocycles. The highest BCUT2D eigenvalue weighted by atomic mass is 19.4. The molecule has 1 fully saturated rings. The van der Waals surface area contributed by atoms with E-state index in [0.29, 0.717) is 30.0 Å². The maximum atomic E-state index is 13.0. The first-order chi connectivity index (χ1) is 12.3. The quantitative estimate of drug-likeness (QED) is 0.908. The summed E-state index contributed by atoms with van der Waals surface area (Å²) in [5.41, 5.74) is -1.07. The molecule has 2 heterocycles. The number of hydrogen-bond acceptors (Lipinski definition) is 3. The average Bonchev–Trinajstić information content (AvgIpc) is 2.62. The van der Waals surface area contributed by atoms with Crippen LogP contribution in [0.25, 0.3) is 0 Å². The van der Waals surface area contributed by atoms with Crippen LogP contribution in [0.15, 0.2) is 33.9 Å². The summed E-state index contributed by atoms with van der Waals surface area (Å²) in [6, 6.07) is 4.93. The standard InChI is InChI=1S/C18H20F3N3O2/c1-23-16(25)14(11-12-6-5-7-13(10-12)18(19,20)21)15(22-17(23)26)24-8-3-2-4-9-24/h5-7,10H,2-4,8-9,11H2,1H3,(H,22,26). The lowest BCUT2D eigenvalue weighted by Crippen LogP contribution is -2.40. The Morgan fingerprint density at radius 2 is 1.81 bits per heavy atom. The number of alkyl halides is 3. The molecule has 0 bridgehead atoms. The van der Waals surface area contributed by atoms with E-state index in [2.05, 4.69) is 4.98 Å². The van der Waals surface area contributed by atoms with Crippen molar-refractivity contribution in [3.63, 3.8) is 0 Å². The lowest BCUT2D eigenvalue weighted by molar-refractivity contribution is -0.137. The summed E-state index contributed by atoms with van der Waals surface area (Å²) in [5.74, 6) is 0.426. The van der Waals surface area contributed by atoms with Crippen molar-refractivity contribution in [2.45, 2.75) is 31.9 Å². The predicted octanol–water partition coefficient (Wildman–Crippen LogP) is 2.67. The number of nitrogens with zero attached hydrogens (tertiary/aromatic N) is 2. The molecule has 0 spiro atoms. The van der Waals surface area contributed by atoms with Gasteiger partial charge in [-0.15, -0.1) is 0 Å². The van der Waals surface area contributed by atoms with Gasteiger partial charge in [0.25, 0.3) is 5.56 Å². The molecule has 0 saturated carbocycles. The topological polar surface area (TPSA) is 58.1 Å². The van der Waals surface area contributed by atoms with Crippen molar-refractivity contribution in [2.24, 2.45) is 7.05 Å². The molecule has 1 N–H and O–H groups in total. The third kappa shape index (κ3) is 3.68. The minimum atomic E-state index is -4.44. The van der Waals surface area contributed by atoms with Crippen LogP contribution in [-0.2, 0) is 19.6 Å². The molecule has 26 heavy (non-hydrogen) atoms. The average molecular weight is 367 g/mol. The van der Waals surface area contributed by atoms with E-state index < -0.39 is 23.0 Å². The third-order valence-electron chi connectivity index (χ3n) is 4.69. The van der Waals surface area contributed by atoms with Gasteiger partial charge in [-0.3, -0.25) is 14.3 Å². The first-order valence-electron chi connectivity index (χ1n) is 8.50. The summed E-state index contributed by atoms with van der Waals surface area (Å²) < 4.78 is 39.8. The molecule has 0 aliphatic carbocycles. The SMILES string of the molecule is Cn1c(=O)[nH]c(N2CCCCC2)c(Cc2cccc(C(F)(F)F)c2)c1=O. The van der Waals surface area contributed by atoms with Crippen molar-refractivity contribution >= 4 is 5.82 Å². The zero-order chi connectivity index (χ0) is 18.9. The van der Waals surface area contributed by atoms with Crippen molar-refractivity contribution in [3.05, 3.63) is 61.8 Å². The van der Waals surface area contributed by atoms with E-state index in [1.807, 2.05) is 4.90 Å². The Kier molecular flexibility index (Phi) is 4.93. The van der Waals surface area contributed by atoms with Gasteiger partial charge in [0.05, 0.1) is 11.1 Å². The van der Waals surface area contributed by atoms with Crippen molar-refractivity contribution < 1.29 is 13.2 Å². The molecule has 1 aromatic heterocycles. The molecule has 140 valence electrons. The van der Waals surface area contributed by atoms with Gasteiger partial charge in [-0.25, -0.2) is 4.79 Å². The van der Waals surface area contributed by atoms with Crippen LogP contribution < -0.4 is 16.1 Å². The van der Waals surface area contributed by atoms with Crippen LogP contribution in [0, 0.1) is 0 Å². The summed E-state index contributed by atoms with van der Waals surface area (Å²) in [6.07, 6.45) is -1.45. The number of hydrogen-bond donors (Lipinski definition) is 1. The fourth-order valence-corrected chi connectivity index (χ4v) is 3.27. The number of aromatic amines is 1. The highest BCUT2D eigenvalue weighted by Gasteiger charge is 2.30. The van der Waals surface area contributed by atoms with Gasteiger partial charge in [0, 0.05) is 26.6 Å². The number of nitrogens with one attached hydrogen (secondary N) is 1. The molecular formula is C18H20F3N3O2. The molecule has 5 nitrogen and oxygen atoms in total. The zero-order valence-electron chi connectivity index (χ0n) is 14.4. The van der Waals surface area contributed by atoms with Gasteiger partial charge in [0.2, 0.25) is 0 Å². The minimum Gasteiger partial charge on any atom is -0.358 e. The zero-order valence-corrected chi connectivity index (χ0v) is 14.4. The lowest BCUT2D eigenvalue weighted by Gasteiger charge is -2.29. The Hall–Kier alpha value is -2.51. The van der Waals surface area contributed by atoms with Gasteiger partial charge < -0.3 is 4.90 Å². The maximum Gasteiger partial charge on any atom is 0.416 e. The Morgan fingerprint density at radius 3 is 2.46 bits per heavy atom. The van der Waals surface area contributed by atoms with E-state index in [-0.39, 0.29) is 6.42 Å². The van der Waals surface area contributed by atoms with Gasteiger partial charge >= 0.3 is 11.9 Å². The van der Waals surface area contributed by atoms with Crippen molar-refractivity contribution in [1.29, 1.82) is 0 Å². The molecule has 0 amide bonds. The first kappa shape index (κ1) is 18.3. The molecule has 2 aromatic rings. The van der Waals surface area contributed by atoms with Crippen LogP contribution in [0.5, 0.6) is 0 Å². The predicted molar refractivity (Wildman–Crippen MR) is 92.6 cm³/mol. The van der Waals surface area contributed by atoms with Crippen LogP contribution in [0.1, 0.15) is 36.0 Å². The second kappa shape index (κ2) is 7.01. The van der Waals surface area contributed by atoms with Crippen molar-refractivity contribution in [2.75, 3.05) is 18.0 Å². The van der Waals surface area contributed by atoms with Gasteiger partial charge in [-0.2, -0.15) is 13.2 Å². The largest absolute Gasteiger partial charge is 0.416 e. The highest BCUT2D eigenvalue weighted by molar-refractivity contribution is 5.48. The van der Waals surface area contributed by atoms with E-state index in [4.69, 9.17) is 0 Å². The van der Waals surface area contributed by atoms with Crippen molar-refractivity contribution in [3.8, 4) is 0 Å². The smallest absolute Gasteiger partial charge is 0.358 e. The molecule has 8 heteroatoms. The summed E-state index contributed by atoms with van der Waals surface area (Å²) in [5, 5.41) is 0. The fraction of sp³-hybridized carbons (Fsp3) is 0.444. The van der Waals surface area contributed by atoms with Crippen molar-refractivity contribution in [1.82, 2.24) is 9.55 Å². The van der Waals surface area contributed by atoms with E-state index in [1.54, 1.807) is 6.07 Å².